The number of carbonyl (C=O) groups is 1. The van der Waals surface area contributed by atoms with Gasteiger partial charge in [0.2, 0.25) is 6.08 Å². The van der Waals surface area contributed by atoms with E-state index in [1.165, 1.54) is 13.2 Å². The van der Waals surface area contributed by atoms with Gasteiger partial charge in [0.25, 0.3) is 0 Å². The number of thioether (sulfide) groups is 1. The molecule has 0 saturated carbocycles. The molecule has 0 heterocycles. The van der Waals surface area contributed by atoms with E-state index in [9.17, 15) is 9.59 Å². The first-order chi connectivity index (χ1) is 8.31. The van der Waals surface area contributed by atoms with E-state index in [0.717, 1.165) is 12.8 Å². The molecule has 0 rings (SSSR count). The summed E-state index contributed by atoms with van der Waals surface area (Å²) in [7, 11) is 1.32. The molecule has 0 aromatic heterocycles. The summed E-state index contributed by atoms with van der Waals surface area (Å²) in [6, 6.07) is 0. The Hall–Kier alpha value is -0.800. The summed E-state index contributed by atoms with van der Waals surface area (Å²) in [6.45, 7) is 8.21. The van der Waals surface area contributed by atoms with Gasteiger partial charge in [0.05, 0.1) is 7.11 Å². The molecule has 0 N–H and O–H groups in total. The molecule has 0 fully saturated rings. The smallest absolute Gasteiger partial charge is 0.335 e. The molecular weight excluding hydrogens is 250 g/mol. The van der Waals surface area contributed by atoms with Gasteiger partial charge in [0.15, 0.2) is 5.54 Å². The lowest BCUT2D eigenvalue weighted by atomic mass is 9.96. The molecule has 0 bridgehead atoms. The maximum Gasteiger partial charge on any atom is 0.335 e. The third-order valence-corrected chi connectivity index (χ3v) is 4.00. The zero-order valence-corrected chi connectivity index (χ0v) is 12.7. The van der Waals surface area contributed by atoms with Crippen LogP contribution in [-0.2, 0) is 14.3 Å². The molecule has 5 heteroatoms. The number of hydrogen-bond acceptors (Lipinski definition) is 5. The molecular formula is C13H23NO3S. The van der Waals surface area contributed by atoms with Crippen LogP contribution in [0.1, 0.15) is 47.0 Å². The minimum Gasteiger partial charge on any atom is -0.467 e. The fraction of sp³-hybridized carbons (Fsp3) is 0.846. The summed E-state index contributed by atoms with van der Waals surface area (Å²) in [4.78, 5) is 26.3. The van der Waals surface area contributed by atoms with Crippen LogP contribution in [0.25, 0.3) is 0 Å². The van der Waals surface area contributed by atoms with Crippen molar-refractivity contribution >= 4 is 23.8 Å². The molecule has 4 nitrogen and oxygen atoms in total. The Kier molecular flexibility index (Phi) is 7.26. The maximum absolute atomic E-state index is 11.9. The molecule has 0 aliphatic heterocycles. The van der Waals surface area contributed by atoms with Crippen LogP contribution in [0.15, 0.2) is 4.99 Å². The summed E-state index contributed by atoms with van der Waals surface area (Å²) in [5, 5.41) is 0. The summed E-state index contributed by atoms with van der Waals surface area (Å²) < 4.78 is 4.81. The maximum atomic E-state index is 11.9. The van der Waals surface area contributed by atoms with E-state index in [1.54, 1.807) is 11.8 Å². The van der Waals surface area contributed by atoms with E-state index < -0.39 is 11.5 Å². The first kappa shape index (κ1) is 17.2. The van der Waals surface area contributed by atoms with Crippen LogP contribution in [0.5, 0.6) is 0 Å². The van der Waals surface area contributed by atoms with Gasteiger partial charge in [-0.3, -0.25) is 0 Å². The fourth-order valence-corrected chi connectivity index (χ4v) is 2.45. The Labute approximate surface area is 114 Å². The first-order valence-corrected chi connectivity index (χ1v) is 7.11. The monoisotopic (exact) mass is 273 g/mol. The van der Waals surface area contributed by atoms with E-state index in [-0.39, 0.29) is 4.75 Å². The van der Waals surface area contributed by atoms with Crippen molar-refractivity contribution in [1.82, 2.24) is 0 Å². The molecule has 0 aliphatic rings. The summed E-state index contributed by atoms with van der Waals surface area (Å²) >= 11 is 1.60. The zero-order chi connectivity index (χ0) is 14.2. The van der Waals surface area contributed by atoms with Gasteiger partial charge in [0.1, 0.15) is 0 Å². The molecule has 0 radical (unpaired) electrons. The second-order valence-electron chi connectivity index (χ2n) is 5.23. The minimum atomic E-state index is -1.08. The number of carbonyl (C=O) groups excluding carboxylic acids is 2. The number of ether oxygens (including phenoxy) is 1. The van der Waals surface area contributed by atoms with Gasteiger partial charge in [-0.15, -0.1) is 0 Å². The molecule has 0 unspecified atom stereocenters. The third-order valence-electron chi connectivity index (χ3n) is 2.51. The Morgan fingerprint density at radius 2 is 2.00 bits per heavy atom. The van der Waals surface area contributed by atoms with E-state index in [1.807, 2.05) is 6.92 Å². The van der Waals surface area contributed by atoms with Gasteiger partial charge in [-0.2, -0.15) is 16.8 Å². The molecule has 0 amide bonds. The van der Waals surface area contributed by atoms with Crippen LogP contribution in [0, 0.1) is 0 Å². The number of methoxy groups -OCH3 is 1. The van der Waals surface area contributed by atoms with Crippen LogP contribution in [0.4, 0.5) is 0 Å². The van der Waals surface area contributed by atoms with Crippen molar-refractivity contribution in [3.63, 3.8) is 0 Å². The van der Waals surface area contributed by atoms with Crippen LogP contribution in [-0.4, -0.2) is 35.2 Å². The number of aliphatic imine (C=N–C) groups is 1. The van der Waals surface area contributed by atoms with Crippen molar-refractivity contribution in [2.24, 2.45) is 4.99 Å². The normalized spacial score (nSPS) is 14.5. The second kappa shape index (κ2) is 7.59. The zero-order valence-electron chi connectivity index (χ0n) is 11.9. The van der Waals surface area contributed by atoms with Crippen molar-refractivity contribution in [2.45, 2.75) is 57.2 Å². The largest absolute Gasteiger partial charge is 0.467 e. The van der Waals surface area contributed by atoms with Gasteiger partial charge in [-0.1, -0.05) is 40.5 Å². The predicted octanol–water partition coefficient (Wildman–Crippen LogP) is 2.96. The quantitative estimate of drug-likeness (QED) is 0.406. The van der Waals surface area contributed by atoms with Crippen LogP contribution < -0.4 is 0 Å². The standard InChI is InChI=1S/C13H23NO3S/c1-6-7-8-13(14-10-15,11(16)17-5)9-18-12(2,3)4/h6-9H2,1-5H3/t13-/m1/s1. The number of rotatable bonds is 7. The molecule has 0 aromatic carbocycles. The highest BCUT2D eigenvalue weighted by Gasteiger charge is 2.40. The van der Waals surface area contributed by atoms with Gasteiger partial charge < -0.3 is 4.74 Å². The molecule has 0 aliphatic carbocycles. The Morgan fingerprint density at radius 1 is 1.39 bits per heavy atom. The number of hydrogen-bond donors (Lipinski definition) is 0. The van der Waals surface area contributed by atoms with E-state index in [4.69, 9.17) is 4.74 Å². The lowest BCUT2D eigenvalue weighted by Gasteiger charge is -2.28. The van der Waals surface area contributed by atoms with Gasteiger partial charge in [0, 0.05) is 10.5 Å². The molecule has 1 atom stereocenters. The van der Waals surface area contributed by atoms with Crippen molar-refractivity contribution in [1.29, 1.82) is 0 Å². The molecule has 0 spiro atoms. The van der Waals surface area contributed by atoms with Crippen LogP contribution >= 0.6 is 11.8 Å². The summed E-state index contributed by atoms with van der Waals surface area (Å²) in [5.41, 5.74) is -1.08. The van der Waals surface area contributed by atoms with E-state index in [0.29, 0.717) is 12.2 Å². The van der Waals surface area contributed by atoms with Crippen molar-refractivity contribution in [3.8, 4) is 0 Å². The highest BCUT2D eigenvalue weighted by Crippen LogP contribution is 2.32. The number of isocyanates is 1. The fourth-order valence-electron chi connectivity index (χ4n) is 1.45. The van der Waals surface area contributed by atoms with Gasteiger partial charge >= 0.3 is 5.97 Å². The number of esters is 1. The predicted molar refractivity (Wildman–Crippen MR) is 74.6 cm³/mol. The van der Waals surface area contributed by atoms with Crippen LogP contribution in [0.3, 0.4) is 0 Å². The molecule has 0 aromatic rings. The average Bonchev–Trinajstić information content (AvgIpc) is 2.31. The number of nitrogens with zero attached hydrogens (tertiary/aromatic N) is 1. The molecule has 18 heavy (non-hydrogen) atoms. The lowest BCUT2D eigenvalue weighted by molar-refractivity contribution is -0.146. The average molecular weight is 273 g/mol. The van der Waals surface area contributed by atoms with Gasteiger partial charge in [-0.25, -0.2) is 9.59 Å². The highest BCUT2D eigenvalue weighted by molar-refractivity contribution is 8.00. The lowest BCUT2D eigenvalue weighted by Crippen LogP contribution is -2.41. The SMILES string of the molecule is CCCC[C@](CSC(C)(C)C)(N=C=O)C(=O)OC. The Bertz CT molecular complexity index is 319. The van der Waals surface area contributed by atoms with E-state index >= 15 is 0 Å². The topological polar surface area (TPSA) is 55.7 Å². The third kappa shape index (κ3) is 5.69. The van der Waals surface area contributed by atoms with Crippen LogP contribution in [0.2, 0.25) is 0 Å². The summed E-state index contributed by atoms with van der Waals surface area (Å²) in [5.74, 6) is -0.00523. The summed E-state index contributed by atoms with van der Waals surface area (Å²) in [6.07, 6.45) is 3.81. The van der Waals surface area contributed by atoms with E-state index in [2.05, 4.69) is 25.8 Å². The van der Waals surface area contributed by atoms with Crippen molar-refractivity contribution in [2.75, 3.05) is 12.9 Å². The second-order valence-corrected chi connectivity index (χ2v) is 7.03. The Morgan fingerprint density at radius 3 is 2.39 bits per heavy atom. The van der Waals surface area contributed by atoms with Crippen molar-refractivity contribution < 1.29 is 14.3 Å². The highest BCUT2D eigenvalue weighted by atomic mass is 32.2. The number of unbranched alkanes of at least 4 members (excludes halogenated alkanes) is 1. The molecule has 104 valence electrons. The molecule has 0 saturated heterocycles. The first-order valence-electron chi connectivity index (χ1n) is 6.12. The minimum absolute atomic E-state index is 0.00386. The Balaban J connectivity index is 5.06. The van der Waals surface area contributed by atoms with Crippen molar-refractivity contribution in [3.05, 3.63) is 0 Å². The van der Waals surface area contributed by atoms with Gasteiger partial charge in [-0.05, 0) is 6.42 Å².